The molecule has 0 saturated carbocycles. The van der Waals surface area contributed by atoms with E-state index in [1.54, 1.807) is 19.2 Å². The maximum Gasteiger partial charge on any atom is 0.154 e. The zero-order valence-corrected chi connectivity index (χ0v) is 14.4. The Morgan fingerprint density at radius 2 is 1.91 bits per heavy atom. The number of hydrogen-bond acceptors (Lipinski definition) is 4. The first kappa shape index (κ1) is 17.5. The van der Waals surface area contributed by atoms with Gasteiger partial charge >= 0.3 is 0 Å². The predicted molar refractivity (Wildman–Crippen MR) is 97.7 cm³/mol. The molecule has 0 spiro atoms. The van der Waals surface area contributed by atoms with Crippen LogP contribution in [-0.2, 0) is 6.54 Å². The van der Waals surface area contributed by atoms with Crippen molar-refractivity contribution in [2.24, 2.45) is 10.7 Å². The van der Waals surface area contributed by atoms with Gasteiger partial charge in [0.2, 0.25) is 0 Å². The van der Waals surface area contributed by atoms with E-state index < -0.39 is 0 Å². The molecule has 0 aliphatic rings. The number of thioether (sulfide) groups is 1. The van der Waals surface area contributed by atoms with Gasteiger partial charge in [0.05, 0.1) is 20.3 Å². The van der Waals surface area contributed by atoms with E-state index in [2.05, 4.69) is 4.99 Å². The van der Waals surface area contributed by atoms with Gasteiger partial charge in [-0.15, -0.1) is 0 Å². The molecule has 122 valence electrons. The summed E-state index contributed by atoms with van der Waals surface area (Å²) in [5, 5.41) is 1.23. The number of ether oxygens (including phenoxy) is 2. The molecule has 2 N–H and O–H groups in total. The van der Waals surface area contributed by atoms with Crippen molar-refractivity contribution in [3.8, 4) is 11.5 Å². The lowest BCUT2D eigenvalue weighted by atomic mass is 10.2. The Balaban J connectivity index is 1.73. The Labute approximate surface area is 145 Å². The molecule has 0 radical (unpaired) electrons. The second-order valence-corrected chi connectivity index (χ2v) is 6.17. The second kappa shape index (κ2) is 9.33. The number of benzene rings is 2. The van der Waals surface area contributed by atoms with Gasteiger partial charge in [-0.3, -0.25) is 4.99 Å². The van der Waals surface area contributed by atoms with Gasteiger partial charge in [-0.1, -0.05) is 41.6 Å². The third-order valence-corrected chi connectivity index (χ3v) is 4.06. The molecule has 0 unspecified atom stereocenters. The number of rotatable bonds is 7. The molecular weight excluding hydrogens is 332 g/mol. The van der Waals surface area contributed by atoms with E-state index in [0.717, 1.165) is 22.8 Å². The summed E-state index contributed by atoms with van der Waals surface area (Å²) < 4.78 is 10.9. The molecule has 0 saturated heterocycles. The molecule has 0 atom stereocenters. The third-order valence-electron chi connectivity index (χ3n) is 3.01. The molecule has 0 aliphatic carbocycles. The summed E-state index contributed by atoms with van der Waals surface area (Å²) in [5.41, 5.74) is 6.92. The number of nitrogens with zero attached hydrogens (tertiary/aromatic N) is 1. The summed E-state index contributed by atoms with van der Waals surface area (Å²) in [6.07, 6.45) is 0. The van der Waals surface area contributed by atoms with Gasteiger partial charge in [0, 0.05) is 16.3 Å². The van der Waals surface area contributed by atoms with Gasteiger partial charge in [-0.25, -0.2) is 0 Å². The van der Waals surface area contributed by atoms with Crippen LogP contribution in [0, 0.1) is 0 Å². The predicted octanol–water partition coefficient (Wildman–Crippen LogP) is 3.98. The second-order valence-electron chi connectivity index (χ2n) is 4.62. The van der Waals surface area contributed by atoms with E-state index in [-0.39, 0.29) is 0 Å². The number of nitrogens with two attached hydrogens (primary N) is 1. The topological polar surface area (TPSA) is 56.8 Å². The van der Waals surface area contributed by atoms with Crippen LogP contribution in [0.3, 0.4) is 0 Å². The van der Waals surface area contributed by atoms with Crippen LogP contribution in [0.4, 0.5) is 0 Å². The average molecular weight is 351 g/mol. The molecule has 4 nitrogen and oxygen atoms in total. The maximum absolute atomic E-state index is 5.91. The fourth-order valence-electron chi connectivity index (χ4n) is 1.88. The van der Waals surface area contributed by atoms with Crippen LogP contribution < -0.4 is 15.2 Å². The number of aliphatic imine (C=N–C) groups is 1. The van der Waals surface area contributed by atoms with Gasteiger partial charge < -0.3 is 15.2 Å². The quantitative estimate of drug-likeness (QED) is 0.466. The lowest BCUT2D eigenvalue weighted by Gasteiger charge is -2.07. The van der Waals surface area contributed by atoms with Gasteiger partial charge in [-0.2, -0.15) is 0 Å². The number of amidine groups is 1. The van der Waals surface area contributed by atoms with E-state index in [4.69, 9.17) is 26.8 Å². The molecular formula is C17H19ClN2O2S. The minimum absolute atomic E-state index is 0.501. The summed E-state index contributed by atoms with van der Waals surface area (Å²) in [4.78, 5) is 4.36. The molecule has 0 bridgehead atoms. The highest BCUT2D eigenvalue weighted by molar-refractivity contribution is 8.13. The highest BCUT2D eigenvalue weighted by atomic mass is 35.5. The van der Waals surface area contributed by atoms with E-state index in [9.17, 15) is 0 Å². The van der Waals surface area contributed by atoms with E-state index in [1.165, 1.54) is 11.8 Å². The summed E-state index contributed by atoms with van der Waals surface area (Å²) in [6.45, 7) is 1.05. The number of para-hydroxylation sites is 1. The minimum atomic E-state index is 0.501. The normalized spacial score (nSPS) is 11.3. The van der Waals surface area contributed by atoms with Crippen molar-refractivity contribution in [2.45, 2.75) is 6.54 Å². The molecule has 2 aromatic rings. The van der Waals surface area contributed by atoms with Crippen LogP contribution in [0.1, 0.15) is 5.56 Å². The Kier molecular flexibility index (Phi) is 7.10. The first-order chi connectivity index (χ1) is 11.2. The average Bonchev–Trinajstić information content (AvgIpc) is 2.58. The fourth-order valence-corrected chi connectivity index (χ4v) is 2.54. The standard InChI is InChI=1S/C17H19ClN2O2S/c1-21-16-5-3-2-4-13(16)12-20-17(19)23-11-10-22-15-8-6-14(18)7-9-15/h2-9H,10-12H2,1H3,(H2,19,20). The van der Waals surface area contributed by atoms with Crippen molar-refractivity contribution in [1.82, 2.24) is 0 Å². The summed E-state index contributed by atoms with van der Waals surface area (Å²) in [7, 11) is 1.65. The Morgan fingerprint density at radius 3 is 2.65 bits per heavy atom. The maximum atomic E-state index is 5.91. The highest BCUT2D eigenvalue weighted by Gasteiger charge is 2.01. The molecule has 0 fully saturated rings. The largest absolute Gasteiger partial charge is 0.496 e. The summed E-state index contributed by atoms with van der Waals surface area (Å²) >= 11 is 7.29. The van der Waals surface area contributed by atoms with Crippen LogP contribution in [0.15, 0.2) is 53.5 Å². The molecule has 0 heterocycles. The summed E-state index contributed by atoms with van der Waals surface area (Å²) in [5.74, 6) is 2.34. The van der Waals surface area contributed by atoms with Crippen LogP contribution in [-0.4, -0.2) is 24.6 Å². The Bertz CT molecular complexity index is 647. The zero-order valence-electron chi connectivity index (χ0n) is 12.9. The van der Waals surface area contributed by atoms with Crippen LogP contribution in [0.2, 0.25) is 5.02 Å². The van der Waals surface area contributed by atoms with Crippen LogP contribution in [0.25, 0.3) is 0 Å². The van der Waals surface area contributed by atoms with Crippen LogP contribution in [0.5, 0.6) is 11.5 Å². The molecule has 2 rings (SSSR count). The fraction of sp³-hybridized carbons (Fsp3) is 0.235. The van der Waals surface area contributed by atoms with Gasteiger partial charge in [-0.05, 0) is 30.3 Å². The monoisotopic (exact) mass is 350 g/mol. The van der Waals surface area contributed by atoms with Gasteiger partial charge in [0.1, 0.15) is 11.5 Å². The Hall–Kier alpha value is -1.85. The number of halogens is 1. The highest BCUT2D eigenvalue weighted by Crippen LogP contribution is 2.19. The van der Waals surface area contributed by atoms with Crippen LogP contribution >= 0.6 is 23.4 Å². The summed E-state index contributed by atoms with van der Waals surface area (Å²) in [6, 6.07) is 15.0. The third kappa shape index (κ3) is 6.04. The van der Waals surface area contributed by atoms with Crippen molar-refractivity contribution < 1.29 is 9.47 Å². The first-order valence-corrected chi connectivity index (χ1v) is 8.48. The minimum Gasteiger partial charge on any atom is -0.496 e. The molecule has 23 heavy (non-hydrogen) atoms. The van der Waals surface area contributed by atoms with Gasteiger partial charge in [0.25, 0.3) is 0 Å². The van der Waals surface area contributed by atoms with E-state index in [0.29, 0.717) is 23.3 Å². The number of hydrogen-bond donors (Lipinski definition) is 1. The molecule has 2 aromatic carbocycles. The van der Waals surface area contributed by atoms with Crippen molar-refractivity contribution >= 4 is 28.5 Å². The van der Waals surface area contributed by atoms with Gasteiger partial charge in [0.15, 0.2) is 5.17 Å². The van der Waals surface area contributed by atoms with E-state index in [1.807, 2.05) is 36.4 Å². The Morgan fingerprint density at radius 1 is 1.17 bits per heavy atom. The number of methoxy groups -OCH3 is 1. The SMILES string of the molecule is COc1ccccc1CN=C(N)SCCOc1ccc(Cl)cc1. The lowest BCUT2D eigenvalue weighted by molar-refractivity contribution is 0.344. The first-order valence-electron chi connectivity index (χ1n) is 7.12. The molecule has 0 aliphatic heterocycles. The van der Waals surface area contributed by atoms with Crippen molar-refractivity contribution in [2.75, 3.05) is 19.5 Å². The smallest absolute Gasteiger partial charge is 0.154 e. The van der Waals surface area contributed by atoms with Crippen molar-refractivity contribution in [3.05, 3.63) is 59.1 Å². The molecule has 0 aromatic heterocycles. The zero-order chi connectivity index (χ0) is 16.5. The van der Waals surface area contributed by atoms with E-state index >= 15 is 0 Å². The lowest BCUT2D eigenvalue weighted by Crippen LogP contribution is -2.11. The van der Waals surface area contributed by atoms with Crippen molar-refractivity contribution in [3.63, 3.8) is 0 Å². The molecule has 6 heteroatoms. The molecule has 0 amide bonds. The van der Waals surface area contributed by atoms with Crippen molar-refractivity contribution in [1.29, 1.82) is 0 Å².